The van der Waals surface area contributed by atoms with E-state index in [1.807, 2.05) is 25.3 Å². The van der Waals surface area contributed by atoms with E-state index in [2.05, 4.69) is 20.2 Å². The van der Waals surface area contributed by atoms with Crippen LogP contribution in [-0.2, 0) is 13.1 Å². The first-order valence-electron chi connectivity index (χ1n) is 10.7. The van der Waals surface area contributed by atoms with Crippen LogP contribution in [0, 0.1) is 6.92 Å². The zero-order valence-corrected chi connectivity index (χ0v) is 19.0. The summed E-state index contributed by atoms with van der Waals surface area (Å²) >= 11 is 6.15. The molecule has 32 heavy (non-hydrogen) atoms. The minimum Gasteiger partial charge on any atom is -0.495 e. The average Bonchev–Trinajstić information content (AvgIpc) is 2.79. The lowest BCUT2D eigenvalue weighted by molar-refractivity contribution is 0.0385. The number of aliphatic hydroxyl groups excluding tert-OH is 1. The number of hydrogen-bond donors (Lipinski definition) is 2. The number of aliphatic hydroxyl groups is 1. The number of halogens is 1. The van der Waals surface area contributed by atoms with Crippen molar-refractivity contribution in [3.05, 3.63) is 63.3 Å². The Morgan fingerprint density at radius 1 is 1.25 bits per heavy atom. The first kappa shape index (κ1) is 22.7. The SMILES string of the molecule is COc1cnc2ccc(=O)n(CCN3CC[C@H](NCc4cnc(C)c(Cl)c4)[C@H](O)C3)c2c1. The number of ether oxygens (including phenoxy) is 1. The minimum atomic E-state index is -0.497. The normalized spacial score (nSPS) is 19.4. The van der Waals surface area contributed by atoms with Crippen molar-refractivity contribution in [3.8, 4) is 5.75 Å². The minimum absolute atomic E-state index is 0.0000626. The van der Waals surface area contributed by atoms with Crippen LogP contribution in [0.25, 0.3) is 11.0 Å². The van der Waals surface area contributed by atoms with Gasteiger partial charge >= 0.3 is 0 Å². The van der Waals surface area contributed by atoms with Crippen LogP contribution in [0.3, 0.4) is 0 Å². The number of nitrogens with zero attached hydrogens (tertiary/aromatic N) is 4. The molecule has 9 heteroatoms. The average molecular weight is 458 g/mol. The maximum absolute atomic E-state index is 12.5. The summed E-state index contributed by atoms with van der Waals surface area (Å²) in [6.45, 7) is 5.04. The van der Waals surface area contributed by atoms with Gasteiger partial charge in [0.25, 0.3) is 5.56 Å². The molecule has 4 heterocycles. The van der Waals surface area contributed by atoms with E-state index in [9.17, 15) is 9.90 Å². The van der Waals surface area contributed by atoms with Crippen LogP contribution in [0.2, 0.25) is 5.02 Å². The first-order valence-corrected chi connectivity index (χ1v) is 11.1. The van der Waals surface area contributed by atoms with Crippen LogP contribution in [0.15, 0.2) is 41.5 Å². The summed E-state index contributed by atoms with van der Waals surface area (Å²) in [6, 6.07) is 7.01. The van der Waals surface area contributed by atoms with Crippen molar-refractivity contribution in [1.82, 2.24) is 24.8 Å². The molecule has 0 amide bonds. The molecule has 0 aliphatic carbocycles. The third kappa shape index (κ3) is 5.10. The predicted octanol–water partition coefficient (Wildman–Crippen LogP) is 1.99. The molecule has 170 valence electrons. The van der Waals surface area contributed by atoms with Gasteiger partial charge in [-0.2, -0.15) is 0 Å². The van der Waals surface area contributed by atoms with Crippen LogP contribution in [0.5, 0.6) is 5.75 Å². The lowest BCUT2D eigenvalue weighted by Gasteiger charge is -2.36. The van der Waals surface area contributed by atoms with Crippen molar-refractivity contribution in [1.29, 1.82) is 0 Å². The van der Waals surface area contributed by atoms with Gasteiger partial charge in [-0.05, 0) is 37.6 Å². The zero-order chi connectivity index (χ0) is 22.7. The number of likely N-dealkylation sites (tertiary alicyclic amines) is 1. The second-order valence-electron chi connectivity index (χ2n) is 8.16. The number of pyridine rings is 3. The van der Waals surface area contributed by atoms with E-state index < -0.39 is 6.10 Å². The molecule has 4 rings (SSSR count). The van der Waals surface area contributed by atoms with Crippen molar-refractivity contribution in [2.75, 3.05) is 26.7 Å². The van der Waals surface area contributed by atoms with Crippen LogP contribution in [0.1, 0.15) is 17.7 Å². The predicted molar refractivity (Wildman–Crippen MR) is 124 cm³/mol. The van der Waals surface area contributed by atoms with E-state index in [1.54, 1.807) is 30.0 Å². The number of rotatable bonds is 7. The first-order chi connectivity index (χ1) is 15.4. The zero-order valence-electron chi connectivity index (χ0n) is 18.3. The number of hydrogen-bond acceptors (Lipinski definition) is 7. The van der Waals surface area contributed by atoms with Crippen LogP contribution in [-0.4, -0.2) is 63.4 Å². The molecule has 1 aliphatic heterocycles. The fourth-order valence-electron chi connectivity index (χ4n) is 4.06. The monoisotopic (exact) mass is 457 g/mol. The highest BCUT2D eigenvalue weighted by molar-refractivity contribution is 6.31. The summed E-state index contributed by atoms with van der Waals surface area (Å²) < 4.78 is 6.98. The molecule has 2 N–H and O–H groups in total. The van der Waals surface area contributed by atoms with Gasteiger partial charge in [0.05, 0.1) is 41.2 Å². The van der Waals surface area contributed by atoms with Gasteiger partial charge in [0.2, 0.25) is 0 Å². The molecule has 2 atom stereocenters. The van der Waals surface area contributed by atoms with Gasteiger partial charge < -0.3 is 19.7 Å². The Bertz CT molecular complexity index is 1150. The maximum atomic E-state index is 12.5. The van der Waals surface area contributed by atoms with Gasteiger partial charge in [0, 0.05) is 50.6 Å². The van der Waals surface area contributed by atoms with Gasteiger partial charge in [-0.25, -0.2) is 0 Å². The molecule has 0 unspecified atom stereocenters. The van der Waals surface area contributed by atoms with Crippen LogP contribution >= 0.6 is 11.6 Å². The topological polar surface area (TPSA) is 92.5 Å². The Balaban J connectivity index is 1.35. The third-order valence-electron chi connectivity index (χ3n) is 6.00. The van der Waals surface area contributed by atoms with Crippen LogP contribution in [0.4, 0.5) is 0 Å². The molecule has 0 bridgehead atoms. The number of fused-ring (bicyclic) bond motifs is 1. The number of β-amino-alcohol motifs (C(OH)–C–C–N with tert-alkyl or cyclic N) is 1. The summed E-state index contributed by atoms with van der Waals surface area (Å²) in [7, 11) is 1.58. The van der Waals surface area contributed by atoms with Gasteiger partial charge in [-0.15, -0.1) is 0 Å². The number of aryl methyl sites for hydroxylation is 1. The van der Waals surface area contributed by atoms with E-state index in [-0.39, 0.29) is 11.6 Å². The number of methoxy groups -OCH3 is 1. The highest BCUT2D eigenvalue weighted by Crippen LogP contribution is 2.18. The highest BCUT2D eigenvalue weighted by atomic mass is 35.5. The number of aromatic nitrogens is 3. The molecule has 1 saturated heterocycles. The van der Waals surface area contributed by atoms with Gasteiger partial charge in [-0.1, -0.05) is 11.6 Å². The number of nitrogens with one attached hydrogen (secondary N) is 1. The molecule has 1 aliphatic rings. The second-order valence-corrected chi connectivity index (χ2v) is 8.56. The Kier molecular flexibility index (Phi) is 7.05. The Labute approximate surface area is 191 Å². The van der Waals surface area contributed by atoms with Gasteiger partial charge in [-0.3, -0.25) is 19.7 Å². The molecule has 1 fully saturated rings. The summed E-state index contributed by atoms with van der Waals surface area (Å²) in [4.78, 5) is 23.3. The van der Waals surface area contributed by atoms with Gasteiger partial charge in [0.1, 0.15) is 5.75 Å². The quantitative estimate of drug-likeness (QED) is 0.560. The summed E-state index contributed by atoms with van der Waals surface area (Å²) in [5, 5.41) is 14.7. The van der Waals surface area contributed by atoms with Crippen molar-refractivity contribution in [2.45, 2.75) is 38.6 Å². The van der Waals surface area contributed by atoms with E-state index in [0.29, 0.717) is 37.0 Å². The highest BCUT2D eigenvalue weighted by Gasteiger charge is 2.27. The van der Waals surface area contributed by atoms with Crippen molar-refractivity contribution in [2.24, 2.45) is 0 Å². The summed E-state index contributed by atoms with van der Waals surface area (Å²) in [6.07, 6.45) is 3.77. The largest absolute Gasteiger partial charge is 0.495 e. The van der Waals surface area contributed by atoms with Crippen molar-refractivity contribution >= 4 is 22.6 Å². The number of piperidine rings is 1. The van der Waals surface area contributed by atoms with Gasteiger partial charge in [0.15, 0.2) is 0 Å². The fraction of sp³-hybridized carbons (Fsp3) is 0.435. The maximum Gasteiger partial charge on any atom is 0.251 e. The van der Waals surface area contributed by atoms with E-state index >= 15 is 0 Å². The summed E-state index contributed by atoms with van der Waals surface area (Å²) in [5.41, 5.74) is 3.23. The standard InChI is InChI=1S/C23H28ClN5O3/c1-15-18(24)9-16(11-25-15)12-26-20-5-6-28(14-22(20)30)7-8-29-21-10-17(32-2)13-27-19(21)3-4-23(29)31/h3-4,9-11,13,20,22,26,30H,5-8,12,14H2,1-2H3/t20-,22+/m0/s1. The van der Waals surface area contributed by atoms with Crippen molar-refractivity contribution in [3.63, 3.8) is 0 Å². The summed E-state index contributed by atoms with van der Waals surface area (Å²) in [5.74, 6) is 0.615. The molecule has 0 radical (unpaired) electrons. The van der Waals surface area contributed by atoms with Crippen LogP contribution < -0.4 is 15.6 Å². The molecule has 0 aromatic carbocycles. The Morgan fingerprint density at radius 3 is 2.84 bits per heavy atom. The molecular weight excluding hydrogens is 430 g/mol. The molecule has 8 nitrogen and oxygen atoms in total. The Hall–Kier alpha value is -2.52. The smallest absolute Gasteiger partial charge is 0.251 e. The molecular formula is C23H28ClN5O3. The fourth-order valence-corrected chi connectivity index (χ4v) is 4.25. The molecule has 3 aromatic heterocycles. The lowest BCUT2D eigenvalue weighted by atomic mass is 10.0. The lowest BCUT2D eigenvalue weighted by Crippen LogP contribution is -2.53. The van der Waals surface area contributed by atoms with E-state index in [4.69, 9.17) is 16.3 Å². The molecule has 3 aromatic rings. The Morgan fingerprint density at radius 2 is 2.09 bits per heavy atom. The molecule has 0 saturated carbocycles. The van der Waals surface area contributed by atoms with E-state index in [1.165, 1.54) is 0 Å². The second kappa shape index (κ2) is 9.95. The third-order valence-corrected chi connectivity index (χ3v) is 6.39. The molecule has 0 spiro atoms. The van der Waals surface area contributed by atoms with Crippen molar-refractivity contribution < 1.29 is 9.84 Å². The van der Waals surface area contributed by atoms with E-state index in [0.717, 1.165) is 35.3 Å².